The van der Waals surface area contributed by atoms with Gasteiger partial charge in [0.1, 0.15) is 6.61 Å². The molecule has 0 heterocycles. The maximum absolute atomic E-state index is 12.8. The average molecular weight is 537 g/mol. The van der Waals surface area contributed by atoms with E-state index in [1.165, 1.54) is 19.4 Å². The number of rotatable bonds is 9. The summed E-state index contributed by atoms with van der Waals surface area (Å²) < 4.78 is 11.3. The van der Waals surface area contributed by atoms with E-state index in [1.54, 1.807) is 48.5 Å². The number of nitrogens with zero attached hydrogens (tertiary/aromatic N) is 1. The Morgan fingerprint density at radius 3 is 2.27 bits per heavy atom. The Morgan fingerprint density at radius 2 is 1.52 bits per heavy atom. The fraction of sp³-hybridized carbons (Fsp3) is 0.0968. The number of nitrogens with one attached hydrogen (secondary N) is 3. The number of anilines is 2. The number of benzene rings is 4. The van der Waals surface area contributed by atoms with Gasteiger partial charge in [-0.15, -0.1) is 0 Å². The van der Waals surface area contributed by atoms with Crippen LogP contribution < -0.4 is 25.5 Å². The molecular weight excluding hydrogens is 508 g/mol. The van der Waals surface area contributed by atoms with Crippen molar-refractivity contribution in [3.8, 4) is 11.5 Å². The molecule has 0 radical (unpaired) electrons. The normalized spacial score (nSPS) is 10.6. The number of carbonyl (C=O) groups excluding carboxylic acids is 3. The molecule has 4 rings (SSSR count). The fourth-order valence-corrected chi connectivity index (χ4v) is 3.64. The molecule has 9 heteroatoms. The lowest BCUT2D eigenvalue weighted by Crippen LogP contribution is -2.33. The molecule has 40 heavy (non-hydrogen) atoms. The second-order valence-electron chi connectivity index (χ2n) is 8.70. The Bertz CT molecular complexity index is 1520. The van der Waals surface area contributed by atoms with Gasteiger partial charge >= 0.3 is 11.8 Å². The second-order valence-corrected chi connectivity index (χ2v) is 8.70. The molecular formula is C31H28N4O5. The van der Waals surface area contributed by atoms with Crippen molar-refractivity contribution < 1.29 is 23.9 Å². The van der Waals surface area contributed by atoms with Gasteiger partial charge in [-0.05, 0) is 60.5 Å². The summed E-state index contributed by atoms with van der Waals surface area (Å²) in [5.41, 5.74) is 5.88. The number of methoxy groups -OCH3 is 1. The van der Waals surface area contributed by atoms with Gasteiger partial charge in [0.25, 0.3) is 5.91 Å². The van der Waals surface area contributed by atoms with Gasteiger partial charge in [-0.3, -0.25) is 14.4 Å². The first-order chi connectivity index (χ1) is 19.4. The van der Waals surface area contributed by atoms with Crippen molar-refractivity contribution in [1.29, 1.82) is 0 Å². The lowest BCUT2D eigenvalue weighted by Gasteiger charge is -2.11. The number of hydrogen-bond donors (Lipinski definition) is 3. The zero-order valence-corrected chi connectivity index (χ0v) is 22.0. The van der Waals surface area contributed by atoms with Crippen molar-refractivity contribution in [2.45, 2.75) is 13.5 Å². The number of amides is 3. The summed E-state index contributed by atoms with van der Waals surface area (Å²) in [5.74, 6) is -1.36. The third-order valence-electron chi connectivity index (χ3n) is 5.74. The Hall–Kier alpha value is -5.44. The molecule has 0 atom stereocenters. The van der Waals surface area contributed by atoms with Crippen molar-refractivity contribution in [3.05, 3.63) is 119 Å². The minimum Gasteiger partial charge on any atom is -0.493 e. The lowest BCUT2D eigenvalue weighted by atomic mass is 10.1. The van der Waals surface area contributed by atoms with Crippen LogP contribution in [0.1, 0.15) is 27.0 Å². The molecule has 202 valence electrons. The van der Waals surface area contributed by atoms with E-state index >= 15 is 0 Å². The van der Waals surface area contributed by atoms with Gasteiger partial charge in [0.15, 0.2) is 11.5 Å². The van der Waals surface area contributed by atoms with E-state index in [0.29, 0.717) is 29.4 Å². The molecule has 0 saturated carbocycles. The minimum atomic E-state index is -1.00. The molecule has 3 N–H and O–H groups in total. The molecule has 0 aliphatic heterocycles. The Kier molecular flexibility index (Phi) is 9.23. The van der Waals surface area contributed by atoms with E-state index in [0.717, 1.165) is 11.1 Å². The van der Waals surface area contributed by atoms with E-state index in [-0.39, 0.29) is 11.3 Å². The first kappa shape index (κ1) is 27.6. The maximum Gasteiger partial charge on any atom is 0.329 e. The molecule has 9 nitrogen and oxygen atoms in total. The number of aryl methyl sites for hydroxylation is 1. The number of ether oxygens (including phenoxy) is 2. The molecule has 0 aliphatic rings. The van der Waals surface area contributed by atoms with Crippen LogP contribution in [0.3, 0.4) is 0 Å². The fourth-order valence-electron chi connectivity index (χ4n) is 3.64. The molecule has 0 saturated heterocycles. The van der Waals surface area contributed by atoms with Crippen LogP contribution in [0, 0.1) is 6.92 Å². The topological polar surface area (TPSA) is 118 Å². The van der Waals surface area contributed by atoms with Gasteiger partial charge in [-0.25, -0.2) is 5.43 Å². The zero-order valence-electron chi connectivity index (χ0n) is 22.0. The largest absolute Gasteiger partial charge is 0.493 e. The molecule has 4 aromatic carbocycles. The molecule has 0 unspecified atom stereocenters. The second kappa shape index (κ2) is 13.4. The SMILES string of the molecule is COc1cc(C=NNC(=O)C(=O)Nc2ccccc2C(=O)Nc2ccc(C)cc2)ccc1OCc1ccccc1. The highest BCUT2D eigenvalue weighted by Gasteiger charge is 2.18. The molecule has 0 bridgehead atoms. The van der Waals surface area contributed by atoms with E-state index in [1.807, 2.05) is 49.4 Å². The smallest absolute Gasteiger partial charge is 0.329 e. The van der Waals surface area contributed by atoms with Crippen LogP contribution in [0.5, 0.6) is 11.5 Å². The quantitative estimate of drug-likeness (QED) is 0.159. The molecule has 4 aromatic rings. The highest BCUT2D eigenvalue weighted by molar-refractivity contribution is 6.40. The van der Waals surface area contributed by atoms with Crippen LogP contribution in [0.2, 0.25) is 0 Å². The van der Waals surface area contributed by atoms with E-state index in [9.17, 15) is 14.4 Å². The average Bonchev–Trinajstić information content (AvgIpc) is 2.98. The number of carbonyl (C=O) groups is 3. The van der Waals surface area contributed by atoms with Crippen LogP contribution in [0.4, 0.5) is 11.4 Å². The summed E-state index contributed by atoms with van der Waals surface area (Å²) in [6.45, 7) is 2.33. The summed E-state index contributed by atoms with van der Waals surface area (Å²) in [7, 11) is 1.52. The van der Waals surface area contributed by atoms with Gasteiger partial charge in [-0.1, -0.05) is 60.2 Å². The third kappa shape index (κ3) is 7.55. The summed E-state index contributed by atoms with van der Waals surface area (Å²) in [6, 6.07) is 28.6. The van der Waals surface area contributed by atoms with Crippen LogP contribution in [0.15, 0.2) is 102 Å². The first-order valence-electron chi connectivity index (χ1n) is 12.4. The Balaban J connectivity index is 1.34. The molecule has 0 spiro atoms. The number of hydrogen-bond acceptors (Lipinski definition) is 6. The van der Waals surface area contributed by atoms with Crippen molar-refractivity contribution >= 4 is 35.3 Å². The van der Waals surface area contributed by atoms with Gasteiger partial charge in [-0.2, -0.15) is 5.10 Å². The molecule has 0 fully saturated rings. The van der Waals surface area contributed by atoms with E-state index < -0.39 is 17.7 Å². The van der Waals surface area contributed by atoms with Crippen molar-refractivity contribution in [2.75, 3.05) is 17.7 Å². The van der Waals surface area contributed by atoms with Crippen LogP contribution in [-0.4, -0.2) is 31.0 Å². The van der Waals surface area contributed by atoms with Gasteiger partial charge in [0.2, 0.25) is 0 Å². The third-order valence-corrected chi connectivity index (χ3v) is 5.74. The summed E-state index contributed by atoms with van der Waals surface area (Å²) in [5, 5.41) is 9.10. The van der Waals surface area contributed by atoms with Crippen molar-refractivity contribution in [2.24, 2.45) is 5.10 Å². The molecule has 3 amide bonds. The number of hydrazone groups is 1. The zero-order chi connectivity index (χ0) is 28.3. The maximum atomic E-state index is 12.8. The number of para-hydroxylation sites is 1. The van der Waals surface area contributed by atoms with Gasteiger partial charge < -0.3 is 20.1 Å². The van der Waals surface area contributed by atoms with Crippen molar-refractivity contribution in [1.82, 2.24) is 5.43 Å². The Labute approximate surface area is 231 Å². The van der Waals surface area contributed by atoms with Gasteiger partial charge in [0.05, 0.1) is 24.6 Å². The first-order valence-corrected chi connectivity index (χ1v) is 12.4. The van der Waals surface area contributed by atoms with Crippen molar-refractivity contribution in [3.63, 3.8) is 0 Å². The summed E-state index contributed by atoms with van der Waals surface area (Å²) >= 11 is 0. The lowest BCUT2D eigenvalue weighted by molar-refractivity contribution is -0.136. The molecule has 0 aromatic heterocycles. The van der Waals surface area contributed by atoms with E-state index in [2.05, 4.69) is 21.2 Å². The highest BCUT2D eigenvalue weighted by Crippen LogP contribution is 2.28. The van der Waals surface area contributed by atoms with E-state index in [4.69, 9.17) is 9.47 Å². The predicted molar refractivity (Wildman–Crippen MR) is 154 cm³/mol. The standard InChI is InChI=1S/C31H28N4O5/c1-21-12-15-24(16-13-21)33-29(36)25-10-6-7-11-26(25)34-30(37)31(38)35-32-19-23-14-17-27(28(18-23)39-2)40-20-22-8-4-3-5-9-22/h3-19H,20H2,1-2H3,(H,33,36)(H,34,37)(H,35,38). The minimum absolute atomic E-state index is 0.187. The van der Waals surface area contributed by atoms with Gasteiger partial charge in [0, 0.05) is 5.69 Å². The highest BCUT2D eigenvalue weighted by atomic mass is 16.5. The van der Waals surface area contributed by atoms with Crippen LogP contribution in [0.25, 0.3) is 0 Å². The van der Waals surface area contributed by atoms with Crippen LogP contribution >= 0.6 is 0 Å². The summed E-state index contributed by atoms with van der Waals surface area (Å²) in [4.78, 5) is 37.6. The molecule has 0 aliphatic carbocycles. The monoisotopic (exact) mass is 536 g/mol. The van der Waals surface area contributed by atoms with Crippen LogP contribution in [-0.2, 0) is 16.2 Å². The predicted octanol–water partition coefficient (Wildman–Crippen LogP) is 4.92. The summed E-state index contributed by atoms with van der Waals surface area (Å²) in [6.07, 6.45) is 1.37. The Morgan fingerprint density at radius 1 is 0.800 bits per heavy atom.